The summed E-state index contributed by atoms with van der Waals surface area (Å²) >= 11 is 17.5. The van der Waals surface area contributed by atoms with Gasteiger partial charge in [-0.3, -0.25) is 4.79 Å². The molecule has 0 aliphatic heterocycles. The van der Waals surface area contributed by atoms with E-state index in [1.807, 2.05) is 0 Å². The summed E-state index contributed by atoms with van der Waals surface area (Å²) in [4.78, 5) is 21.6. The first-order valence-corrected chi connectivity index (χ1v) is 6.87. The second-order valence-electron chi connectivity index (χ2n) is 3.78. The van der Waals surface area contributed by atoms with Crippen molar-refractivity contribution in [3.8, 4) is 5.75 Å². The second-order valence-corrected chi connectivity index (χ2v) is 5.00. The summed E-state index contributed by atoms with van der Waals surface area (Å²) < 4.78 is 9.96. The molecule has 1 rings (SSSR count). The Labute approximate surface area is 135 Å². The van der Waals surface area contributed by atoms with Crippen LogP contribution in [-0.2, 0) is 14.3 Å². The van der Waals surface area contributed by atoms with Crippen molar-refractivity contribution in [2.24, 2.45) is 0 Å². The van der Waals surface area contributed by atoms with E-state index in [1.54, 1.807) is 0 Å². The van der Waals surface area contributed by atoms with E-state index in [-0.39, 0.29) is 40.6 Å². The van der Waals surface area contributed by atoms with Crippen LogP contribution >= 0.6 is 34.8 Å². The lowest BCUT2D eigenvalue weighted by Crippen LogP contribution is -2.32. The van der Waals surface area contributed by atoms with E-state index in [9.17, 15) is 9.59 Å². The predicted octanol–water partition coefficient (Wildman–Crippen LogP) is 2.24. The molecule has 0 heterocycles. The molecule has 116 valence electrons. The number of aliphatic carboxylic acids is 1. The van der Waals surface area contributed by atoms with E-state index in [4.69, 9.17) is 49.4 Å². The van der Waals surface area contributed by atoms with Crippen LogP contribution < -0.4 is 10.1 Å². The van der Waals surface area contributed by atoms with Gasteiger partial charge in [-0.25, -0.2) is 4.79 Å². The van der Waals surface area contributed by atoms with Gasteiger partial charge in [0.1, 0.15) is 12.4 Å². The number of ether oxygens (including phenoxy) is 2. The highest BCUT2D eigenvalue weighted by molar-refractivity contribution is 6.43. The first-order valence-electron chi connectivity index (χ1n) is 5.73. The Kier molecular flexibility index (Phi) is 7.60. The number of nitrogens with one attached hydrogen (secondary N) is 1. The first kappa shape index (κ1) is 17.8. The molecule has 1 aromatic carbocycles. The van der Waals surface area contributed by atoms with Gasteiger partial charge in [0.15, 0.2) is 6.61 Å². The molecule has 6 nitrogen and oxygen atoms in total. The second kappa shape index (κ2) is 8.94. The van der Waals surface area contributed by atoms with Gasteiger partial charge < -0.3 is 19.9 Å². The standard InChI is InChI=1S/C12H12Cl3NO5/c13-7-3-9(15)10(4-8(7)14)21-5-11(17)16-1-2-20-6-12(18)19/h3-4H,1-2,5-6H2,(H,16,17)(H,18,19). The lowest BCUT2D eigenvalue weighted by Gasteiger charge is -2.09. The van der Waals surface area contributed by atoms with Gasteiger partial charge in [0.05, 0.1) is 21.7 Å². The smallest absolute Gasteiger partial charge is 0.329 e. The Hall–Kier alpha value is -1.21. The fraction of sp³-hybridized carbons (Fsp3) is 0.333. The van der Waals surface area contributed by atoms with E-state index in [0.29, 0.717) is 0 Å². The van der Waals surface area contributed by atoms with Crippen molar-refractivity contribution >= 4 is 46.7 Å². The van der Waals surface area contributed by atoms with Gasteiger partial charge in [0.2, 0.25) is 0 Å². The van der Waals surface area contributed by atoms with Crippen LogP contribution in [0.15, 0.2) is 12.1 Å². The van der Waals surface area contributed by atoms with Crippen LogP contribution in [0.2, 0.25) is 15.1 Å². The molecule has 21 heavy (non-hydrogen) atoms. The Morgan fingerprint density at radius 1 is 1.10 bits per heavy atom. The summed E-state index contributed by atoms with van der Waals surface area (Å²) in [5.41, 5.74) is 0. The van der Waals surface area contributed by atoms with Crippen molar-refractivity contribution in [3.63, 3.8) is 0 Å². The number of hydrogen-bond donors (Lipinski definition) is 2. The fourth-order valence-electron chi connectivity index (χ4n) is 1.23. The van der Waals surface area contributed by atoms with Crippen LogP contribution in [0, 0.1) is 0 Å². The van der Waals surface area contributed by atoms with Crippen LogP contribution in [-0.4, -0.2) is 43.3 Å². The largest absolute Gasteiger partial charge is 0.482 e. The minimum absolute atomic E-state index is 0.0889. The third-order valence-corrected chi connectivity index (χ3v) is 3.15. The molecule has 0 aliphatic rings. The Morgan fingerprint density at radius 2 is 1.76 bits per heavy atom. The molecule has 0 atom stereocenters. The summed E-state index contributed by atoms with van der Waals surface area (Å²) in [6.45, 7) is -0.419. The monoisotopic (exact) mass is 355 g/mol. The first-order chi connectivity index (χ1) is 9.90. The summed E-state index contributed by atoms with van der Waals surface area (Å²) in [5, 5.41) is 11.6. The number of carbonyl (C=O) groups excluding carboxylic acids is 1. The maximum Gasteiger partial charge on any atom is 0.329 e. The van der Waals surface area contributed by atoms with E-state index in [2.05, 4.69) is 5.32 Å². The number of halogens is 3. The molecule has 0 aromatic heterocycles. The molecule has 1 amide bonds. The Balaban J connectivity index is 2.30. The topological polar surface area (TPSA) is 84.9 Å². The summed E-state index contributed by atoms with van der Waals surface area (Å²) in [5.74, 6) is -1.24. The molecule has 0 aliphatic carbocycles. The van der Waals surface area contributed by atoms with Gasteiger partial charge in [0.25, 0.3) is 5.91 Å². The quantitative estimate of drug-likeness (QED) is 0.551. The highest BCUT2D eigenvalue weighted by Crippen LogP contribution is 2.33. The summed E-state index contributed by atoms with van der Waals surface area (Å²) in [6, 6.07) is 2.83. The zero-order valence-electron chi connectivity index (χ0n) is 10.7. The summed E-state index contributed by atoms with van der Waals surface area (Å²) in [6.07, 6.45) is 0. The number of carboxylic acid groups (broad SMARTS) is 1. The average molecular weight is 357 g/mol. The van der Waals surface area contributed by atoms with Crippen molar-refractivity contribution in [2.75, 3.05) is 26.4 Å². The normalized spacial score (nSPS) is 10.2. The van der Waals surface area contributed by atoms with Crippen molar-refractivity contribution < 1.29 is 24.2 Å². The number of amides is 1. The number of rotatable bonds is 8. The van der Waals surface area contributed by atoms with Crippen LogP contribution in [0.25, 0.3) is 0 Å². The highest BCUT2D eigenvalue weighted by atomic mass is 35.5. The van der Waals surface area contributed by atoms with Crippen molar-refractivity contribution in [1.29, 1.82) is 0 Å². The fourth-order valence-corrected chi connectivity index (χ4v) is 1.82. The number of carboxylic acids is 1. The highest BCUT2D eigenvalue weighted by Gasteiger charge is 2.09. The molecule has 9 heteroatoms. The molecule has 1 aromatic rings. The van der Waals surface area contributed by atoms with Gasteiger partial charge in [-0.15, -0.1) is 0 Å². The molecule has 0 unspecified atom stereocenters. The average Bonchev–Trinajstić information content (AvgIpc) is 2.40. The maximum atomic E-state index is 11.5. The zero-order valence-corrected chi connectivity index (χ0v) is 13.0. The number of benzene rings is 1. The molecule has 0 spiro atoms. The van der Waals surface area contributed by atoms with Crippen LogP contribution in [0.1, 0.15) is 0 Å². The van der Waals surface area contributed by atoms with E-state index < -0.39 is 18.5 Å². The Bertz CT molecular complexity index is 524. The number of carbonyl (C=O) groups is 2. The van der Waals surface area contributed by atoms with E-state index >= 15 is 0 Å². The molecule has 0 saturated heterocycles. The lowest BCUT2D eigenvalue weighted by atomic mass is 10.3. The van der Waals surface area contributed by atoms with E-state index in [1.165, 1.54) is 12.1 Å². The lowest BCUT2D eigenvalue weighted by molar-refractivity contribution is -0.142. The third-order valence-electron chi connectivity index (χ3n) is 2.13. The molecular formula is C12H12Cl3NO5. The van der Waals surface area contributed by atoms with Crippen LogP contribution in [0.5, 0.6) is 5.75 Å². The molecule has 2 N–H and O–H groups in total. The van der Waals surface area contributed by atoms with Gasteiger partial charge in [-0.1, -0.05) is 34.8 Å². The van der Waals surface area contributed by atoms with Crippen LogP contribution in [0.3, 0.4) is 0 Å². The van der Waals surface area contributed by atoms with Gasteiger partial charge in [-0.05, 0) is 6.07 Å². The summed E-state index contributed by atoms with van der Waals surface area (Å²) in [7, 11) is 0. The third kappa shape index (κ3) is 6.86. The van der Waals surface area contributed by atoms with Crippen molar-refractivity contribution in [3.05, 3.63) is 27.2 Å². The van der Waals surface area contributed by atoms with Gasteiger partial charge in [0, 0.05) is 12.6 Å². The molecule has 0 saturated carbocycles. The van der Waals surface area contributed by atoms with Gasteiger partial charge >= 0.3 is 5.97 Å². The molecule has 0 fully saturated rings. The minimum atomic E-state index is -1.07. The predicted molar refractivity (Wildman–Crippen MR) is 78.4 cm³/mol. The SMILES string of the molecule is O=C(O)COCCNC(=O)COc1cc(Cl)c(Cl)cc1Cl. The zero-order chi connectivity index (χ0) is 15.8. The molecule has 0 bridgehead atoms. The maximum absolute atomic E-state index is 11.5. The Morgan fingerprint density at radius 3 is 2.43 bits per heavy atom. The minimum Gasteiger partial charge on any atom is -0.482 e. The molecule has 0 radical (unpaired) electrons. The van der Waals surface area contributed by atoms with E-state index in [0.717, 1.165) is 0 Å². The van der Waals surface area contributed by atoms with Crippen LogP contribution in [0.4, 0.5) is 0 Å². The molecular weight excluding hydrogens is 344 g/mol. The number of hydrogen-bond acceptors (Lipinski definition) is 4. The van der Waals surface area contributed by atoms with Crippen molar-refractivity contribution in [2.45, 2.75) is 0 Å². The van der Waals surface area contributed by atoms with Crippen molar-refractivity contribution in [1.82, 2.24) is 5.32 Å². The van der Waals surface area contributed by atoms with Gasteiger partial charge in [-0.2, -0.15) is 0 Å².